The van der Waals surface area contributed by atoms with Crippen LogP contribution in [-0.2, 0) is 11.2 Å². The first kappa shape index (κ1) is 14.4. The highest BCUT2D eigenvalue weighted by Crippen LogP contribution is 2.22. The van der Waals surface area contributed by atoms with Gasteiger partial charge in [0.15, 0.2) is 0 Å². The predicted octanol–water partition coefficient (Wildman–Crippen LogP) is 0.295. The number of thioether (sulfide) groups is 1. The van der Waals surface area contributed by atoms with E-state index in [2.05, 4.69) is 39.5 Å². The van der Waals surface area contributed by atoms with Crippen LogP contribution in [0.3, 0.4) is 0 Å². The summed E-state index contributed by atoms with van der Waals surface area (Å²) in [7, 11) is 0. The van der Waals surface area contributed by atoms with E-state index in [9.17, 15) is 4.79 Å². The molecule has 3 rings (SSSR count). The minimum Gasteiger partial charge on any atom is -0.293 e. The van der Waals surface area contributed by atoms with E-state index in [0.717, 1.165) is 25.0 Å². The largest absolute Gasteiger partial charge is 0.293 e. The maximum Gasteiger partial charge on any atom is 0.251 e. The fraction of sp³-hybridized carbons (Fsp3) is 0.429. The van der Waals surface area contributed by atoms with Crippen LogP contribution < -0.4 is 22.0 Å². The van der Waals surface area contributed by atoms with Gasteiger partial charge in [0.1, 0.15) is 5.50 Å². The molecular formula is C14H19N5OS. The Hall–Kier alpha value is -1.57. The SMILES string of the molecule is NNC(=O)C1CSC(N/N=C2/CCCc3ccccc32)N1. The number of nitrogens with zero attached hydrogens (tertiary/aromatic N) is 1. The third-order valence-corrected chi connectivity index (χ3v) is 4.85. The van der Waals surface area contributed by atoms with Crippen molar-refractivity contribution < 1.29 is 4.79 Å². The number of fused-ring (bicyclic) bond motifs is 1. The second-order valence-electron chi connectivity index (χ2n) is 5.14. The summed E-state index contributed by atoms with van der Waals surface area (Å²) >= 11 is 1.62. The minimum absolute atomic E-state index is 0.0612. The molecule has 1 heterocycles. The zero-order valence-corrected chi connectivity index (χ0v) is 12.5. The number of hydrogen-bond donors (Lipinski definition) is 4. The zero-order chi connectivity index (χ0) is 14.7. The van der Waals surface area contributed by atoms with E-state index >= 15 is 0 Å². The number of benzene rings is 1. The molecule has 5 N–H and O–H groups in total. The highest BCUT2D eigenvalue weighted by Gasteiger charge is 2.29. The molecule has 2 unspecified atom stereocenters. The van der Waals surface area contributed by atoms with Gasteiger partial charge in [-0.05, 0) is 24.8 Å². The van der Waals surface area contributed by atoms with Crippen LogP contribution in [0.4, 0.5) is 0 Å². The van der Waals surface area contributed by atoms with Crippen LogP contribution in [0, 0.1) is 0 Å². The van der Waals surface area contributed by atoms with Gasteiger partial charge >= 0.3 is 0 Å². The van der Waals surface area contributed by atoms with Gasteiger partial charge in [-0.1, -0.05) is 24.3 Å². The molecule has 1 saturated heterocycles. The Balaban J connectivity index is 1.64. The van der Waals surface area contributed by atoms with Crippen molar-refractivity contribution >= 4 is 23.4 Å². The molecule has 7 heteroatoms. The summed E-state index contributed by atoms with van der Waals surface area (Å²) in [4.78, 5) is 11.5. The first-order chi connectivity index (χ1) is 10.3. The molecule has 21 heavy (non-hydrogen) atoms. The quantitative estimate of drug-likeness (QED) is 0.366. The summed E-state index contributed by atoms with van der Waals surface area (Å²) in [6.07, 6.45) is 3.22. The van der Waals surface area contributed by atoms with Crippen LogP contribution in [0.2, 0.25) is 0 Å². The van der Waals surface area contributed by atoms with Crippen LogP contribution in [0.5, 0.6) is 0 Å². The number of rotatable bonds is 3. The van der Waals surface area contributed by atoms with Crippen molar-refractivity contribution in [2.75, 3.05) is 5.75 Å². The summed E-state index contributed by atoms with van der Waals surface area (Å²) in [5, 5.41) is 7.70. The smallest absolute Gasteiger partial charge is 0.251 e. The Bertz CT molecular complexity index is 562. The van der Waals surface area contributed by atoms with Crippen LogP contribution >= 0.6 is 11.8 Å². The summed E-state index contributed by atoms with van der Waals surface area (Å²) < 4.78 is 0. The maximum absolute atomic E-state index is 11.5. The van der Waals surface area contributed by atoms with Crippen molar-refractivity contribution in [3.05, 3.63) is 35.4 Å². The average Bonchev–Trinajstić information content (AvgIpc) is 3.01. The normalized spacial score (nSPS) is 26.4. The molecule has 2 aliphatic rings. The Morgan fingerprint density at radius 2 is 2.24 bits per heavy atom. The van der Waals surface area contributed by atoms with Crippen molar-refractivity contribution in [1.29, 1.82) is 0 Å². The van der Waals surface area contributed by atoms with E-state index in [-0.39, 0.29) is 17.4 Å². The number of hydrogen-bond acceptors (Lipinski definition) is 6. The van der Waals surface area contributed by atoms with Crippen molar-refractivity contribution in [1.82, 2.24) is 16.2 Å². The van der Waals surface area contributed by atoms with E-state index in [0.29, 0.717) is 5.75 Å². The molecule has 1 aliphatic heterocycles. The highest BCUT2D eigenvalue weighted by molar-refractivity contribution is 8.00. The number of aryl methyl sites for hydroxylation is 1. The molecule has 1 aromatic rings. The topological polar surface area (TPSA) is 91.5 Å². The molecule has 0 saturated carbocycles. The Labute approximate surface area is 127 Å². The van der Waals surface area contributed by atoms with Gasteiger partial charge in [0, 0.05) is 11.3 Å². The molecule has 2 atom stereocenters. The lowest BCUT2D eigenvalue weighted by Gasteiger charge is -2.19. The Morgan fingerprint density at radius 1 is 1.38 bits per heavy atom. The second-order valence-corrected chi connectivity index (χ2v) is 6.28. The van der Waals surface area contributed by atoms with Gasteiger partial charge in [-0.2, -0.15) is 5.10 Å². The summed E-state index contributed by atoms with van der Waals surface area (Å²) in [5.74, 6) is 5.64. The van der Waals surface area contributed by atoms with E-state index in [1.54, 1.807) is 11.8 Å². The third-order valence-electron chi connectivity index (χ3n) is 3.75. The van der Waals surface area contributed by atoms with Crippen molar-refractivity contribution in [2.45, 2.75) is 30.8 Å². The van der Waals surface area contributed by atoms with E-state index in [1.807, 2.05) is 6.07 Å². The molecule has 1 fully saturated rings. The summed E-state index contributed by atoms with van der Waals surface area (Å²) in [5.41, 5.74) is 8.91. The molecule has 0 bridgehead atoms. The monoisotopic (exact) mass is 305 g/mol. The number of carbonyl (C=O) groups is 1. The second kappa shape index (κ2) is 6.46. The minimum atomic E-state index is -0.267. The first-order valence-electron chi connectivity index (χ1n) is 7.06. The Morgan fingerprint density at radius 3 is 3.10 bits per heavy atom. The lowest BCUT2D eigenvalue weighted by molar-refractivity contribution is -0.122. The number of nitrogens with one attached hydrogen (secondary N) is 3. The van der Waals surface area contributed by atoms with Gasteiger partial charge in [0.25, 0.3) is 5.91 Å². The molecular weight excluding hydrogens is 286 g/mol. The van der Waals surface area contributed by atoms with Gasteiger partial charge in [0.2, 0.25) is 0 Å². The van der Waals surface area contributed by atoms with Crippen LogP contribution in [-0.4, -0.2) is 28.9 Å². The number of amides is 1. The molecule has 1 aromatic carbocycles. The molecule has 1 amide bonds. The van der Waals surface area contributed by atoms with Crippen LogP contribution in [0.1, 0.15) is 24.0 Å². The fourth-order valence-corrected chi connectivity index (χ4v) is 3.67. The van der Waals surface area contributed by atoms with E-state index < -0.39 is 0 Å². The van der Waals surface area contributed by atoms with Crippen molar-refractivity contribution in [2.24, 2.45) is 10.9 Å². The summed E-state index contributed by atoms with van der Waals surface area (Å²) in [6.45, 7) is 0. The zero-order valence-electron chi connectivity index (χ0n) is 11.6. The van der Waals surface area contributed by atoms with Crippen molar-refractivity contribution in [3.8, 4) is 0 Å². The van der Waals surface area contributed by atoms with Gasteiger partial charge < -0.3 is 0 Å². The maximum atomic E-state index is 11.5. The van der Waals surface area contributed by atoms with Crippen molar-refractivity contribution in [3.63, 3.8) is 0 Å². The molecule has 6 nitrogen and oxygen atoms in total. The molecule has 1 aliphatic carbocycles. The lowest BCUT2D eigenvalue weighted by atomic mass is 9.90. The van der Waals surface area contributed by atoms with E-state index in [4.69, 9.17) is 5.84 Å². The van der Waals surface area contributed by atoms with Gasteiger partial charge in [0.05, 0.1) is 11.8 Å². The molecule has 112 valence electrons. The fourth-order valence-electron chi connectivity index (χ4n) is 2.65. The first-order valence-corrected chi connectivity index (χ1v) is 8.11. The van der Waals surface area contributed by atoms with Crippen LogP contribution in [0.15, 0.2) is 29.4 Å². The standard InChI is InChI=1S/C14H19N5OS/c15-17-13(20)12-8-21-14(16-12)19-18-11-7-3-5-9-4-1-2-6-10(9)11/h1-2,4,6,12,14,16,19H,3,5,7-8,15H2,(H,17,20)/b18-11-. The highest BCUT2D eigenvalue weighted by atomic mass is 32.2. The van der Waals surface area contributed by atoms with Gasteiger partial charge in [-0.15, -0.1) is 11.8 Å². The molecule has 0 spiro atoms. The van der Waals surface area contributed by atoms with E-state index in [1.165, 1.54) is 11.1 Å². The molecule has 0 radical (unpaired) electrons. The van der Waals surface area contributed by atoms with Gasteiger partial charge in [-0.3, -0.25) is 21.0 Å². The Kier molecular flexibility index (Phi) is 4.42. The molecule has 0 aromatic heterocycles. The predicted molar refractivity (Wildman–Crippen MR) is 84.6 cm³/mol. The number of hydrazone groups is 1. The van der Waals surface area contributed by atoms with Crippen LogP contribution in [0.25, 0.3) is 0 Å². The lowest BCUT2D eigenvalue weighted by Crippen LogP contribution is -2.48. The number of nitrogens with two attached hydrogens (primary N) is 1. The summed E-state index contributed by atoms with van der Waals surface area (Å²) in [6, 6.07) is 8.13. The number of hydrazine groups is 1. The average molecular weight is 305 g/mol. The number of carbonyl (C=O) groups excluding carboxylic acids is 1. The third kappa shape index (κ3) is 3.20. The van der Waals surface area contributed by atoms with Gasteiger partial charge in [-0.25, -0.2) is 5.84 Å².